The SMILES string of the molecule is CCn1cc(CC2(CNC(C)(C)C)CCOC2)cn1. The largest absolute Gasteiger partial charge is 0.381 e. The molecule has 1 atom stereocenters. The molecule has 4 nitrogen and oxygen atoms in total. The lowest BCUT2D eigenvalue weighted by molar-refractivity contribution is 0.144. The van der Waals surface area contributed by atoms with Gasteiger partial charge in [0.2, 0.25) is 0 Å². The maximum atomic E-state index is 5.66. The Hall–Kier alpha value is -0.870. The summed E-state index contributed by atoms with van der Waals surface area (Å²) >= 11 is 0. The molecule has 1 saturated heterocycles. The fraction of sp³-hybridized carbons (Fsp3) is 0.800. The third kappa shape index (κ3) is 4.05. The van der Waals surface area contributed by atoms with Gasteiger partial charge in [0.05, 0.1) is 12.8 Å². The van der Waals surface area contributed by atoms with Crippen LogP contribution in [-0.2, 0) is 17.7 Å². The van der Waals surface area contributed by atoms with Crippen LogP contribution in [0.5, 0.6) is 0 Å². The highest BCUT2D eigenvalue weighted by atomic mass is 16.5. The number of hydrogen-bond donors (Lipinski definition) is 1. The van der Waals surface area contributed by atoms with Crippen molar-refractivity contribution in [1.29, 1.82) is 0 Å². The molecular weight excluding hydrogens is 238 g/mol. The van der Waals surface area contributed by atoms with Crippen molar-refractivity contribution in [2.75, 3.05) is 19.8 Å². The zero-order valence-electron chi connectivity index (χ0n) is 12.7. The second kappa shape index (κ2) is 5.63. The van der Waals surface area contributed by atoms with Crippen molar-refractivity contribution in [3.8, 4) is 0 Å². The van der Waals surface area contributed by atoms with Crippen molar-refractivity contribution in [3.05, 3.63) is 18.0 Å². The molecule has 1 aliphatic rings. The Morgan fingerprint density at radius 1 is 1.47 bits per heavy atom. The van der Waals surface area contributed by atoms with Crippen molar-refractivity contribution in [2.45, 2.75) is 52.6 Å². The maximum Gasteiger partial charge on any atom is 0.0538 e. The Labute approximate surface area is 116 Å². The van der Waals surface area contributed by atoms with E-state index in [1.54, 1.807) is 0 Å². The van der Waals surface area contributed by atoms with Gasteiger partial charge < -0.3 is 10.1 Å². The number of nitrogens with zero attached hydrogens (tertiary/aromatic N) is 2. The van der Waals surface area contributed by atoms with E-state index >= 15 is 0 Å². The van der Waals surface area contributed by atoms with Crippen LogP contribution in [0.3, 0.4) is 0 Å². The molecule has 0 radical (unpaired) electrons. The summed E-state index contributed by atoms with van der Waals surface area (Å²) in [4.78, 5) is 0. The standard InChI is InChI=1S/C15H27N3O/c1-5-18-10-13(9-17-18)8-15(6-7-19-12-15)11-16-14(2,3)4/h9-10,16H,5-8,11-12H2,1-4H3. The second-order valence-electron chi connectivity index (χ2n) is 6.79. The summed E-state index contributed by atoms with van der Waals surface area (Å²) < 4.78 is 7.66. The van der Waals surface area contributed by atoms with Crippen LogP contribution in [0.1, 0.15) is 39.7 Å². The number of rotatable bonds is 5. The molecule has 0 spiro atoms. The van der Waals surface area contributed by atoms with Gasteiger partial charge >= 0.3 is 0 Å². The molecule has 0 aromatic carbocycles. The summed E-state index contributed by atoms with van der Waals surface area (Å²) in [5.74, 6) is 0. The molecule has 108 valence electrons. The lowest BCUT2D eigenvalue weighted by Crippen LogP contribution is -2.45. The van der Waals surface area contributed by atoms with Crippen molar-refractivity contribution in [2.24, 2.45) is 5.41 Å². The van der Waals surface area contributed by atoms with Crippen LogP contribution in [0.4, 0.5) is 0 Å². The molecule has 2 rings (SSSR count). The van der Waals surface area contributed by atoms with Gasteiger partial charge in [0.25, 0.3) is 0 Å². The molecule has 19 heavy (non-hydrogen) atoms. The van der Waals surface area contributed by atoms with Gasteiger partial charge in [-0.25, -0.2) is 0 Å². The molecule has 1 N–H and O–H groups in total. The van der Waals surface area contributed by atoms with E-state index in [1.807, 2.05) is 10.9 Å². The number of aromatic nitrogens is 2. The van der Waals surface area contributed by atoms with Gasteiger partial charge in [0.15, 0.2) is 0 Å². The quantitative estimate of drug-likeness (QED) is 0.887. The number of nitrogens with one attached hydrogen (secondary N) is 1. The number of ether oxygens (including phenoxy) is 1. The number of hydrogen-bond acceptors (Lipinski definition) is 3. The first kappa shape index (κ1) is 14.5. The average Bonchev–Trinajstić information content (AvgIpc) is 2.96. The lowest BCUT2D eigenvalue weighted by Gasteiger charge is -2.32. The predicted molar refractivity (Wildman–Crippen MR) is 77.2 cm³/mol. The van der Waals surface area contributed by atoms with Crippen LogP contribution in [0, 0.1) is 5.41 Å². The normalized spacial score (nSPS) is 24.0. The highest BCUT2D eigenvalue weighted by Crippen LogP contribution is 2.32. The van der Waals surface area contributed by atoms with E-state index in [1.165, 1.54) is 5.56 Å². The van der Waals surface area contributed by atoms with E-state index < -0.39 is 0 Å². The van der Waals surface area contributed by atoms with Gasteiger partial charge in [-0.2, -0.15) is 5.10 Å². The van der Waals surface area contributed by atoms with Crippen LogP contribution < -0.4 is 5.32 Å². The minimum atomic E-state index is 0.156. The smallest absolute Gasteiger partial charge is 0.0538 e. The summed E-state index contributed by atoms with van der Waals surface area (Å²) in [6, 6.07) is 0. The van der Waals surface area contributed by atoms with Gasteiger partial charge in [-0.3, -0.25) is 4.68 Å². The van der Waals surface area contributed by atoms with Gasteiger partial charge in [-0.05, 0) is 46.1 Å². The molecule has 1 aromatic heterocycles. The van der Waals surface area contributed by atoms with E-state index in [9.17, 15) is 0 Å². The summed E-state index contributed by atoms with van der Waals surface area (Å²) in [5, 5.41) is 8.01. The first-order valence-corrected chi connectivity index (χ1v) is 7.27. The van der Waals surface area contributed by atoms with Crippen LogP contribution >= 0.6 is 0 Å². The third-order valence-electron chi connectivity index (χ3n) is 3.77. The molecule has 0 saturated carbocycles. The van der Waals surface area contributed by atoms with Crippen LogP contribution in [-0.4, -0.2) is 35.1 Å². The van der Waals surface area contributed by atoms with Crippen LogP contribution in [0.2, 0.25) is 0 Å². The molecule has 2 heterocycles. The lowest BCUT2D eigenvalue weighted by atomic mass is 9.81. The summed E-state index contributed by atoms with van der Waals surface area (Å²) in [5.41, 5.74) is 1.71. The molecule has 1 aliphatic heterocycles. The molecule has 0 bridgehead atoms. The van der Waals surface area contributed by atoms with Crippen molar-refractivity contribution in [3.63, 3.8) is 0 Å². The topological polar surface area (TPSA) is 39.1 Å². The van der Waals surface area contributed by atoms with E-state index in [2.05, 4.69) is 44.3 Å². The van der Waals surface area contributed by atoms with E-state index in [0.717, 1.165) is 39.1 Å². The summed E-state index contributed by atoms with van der Waals surface area (Å²) in [6.45, 7) is 12.4. The average molecular weight is 265 g/mol. The molecule has 0 aliphatic carbocycles. The Morgan fingerprint density at radius 3 is 2.79 bits per heavy atom. The van der Waals surface area contributed by atoms with Crippen LogP contribution in [0.15, 0.2) is 12.4 Å². The first-order chi connectivity index (χ1) is 8.92. The first-order valence-electron chi connectivity index (χ1n) is 7.27. The zero-order chi connectivity index (χ0) is 13.9. The Bertz CT molecular complexity index is 400. The van der Waals surface area contributed by atoms with Crippen molar-refractivity contribution in [1.82, 2.24) is 15.1 Å². The monoisotopic (exact) mass is 265 g/mol. The third-order valence-corrected chi connectivity index (χ3v) is 3.77. The molecule has 1 unspecified atom stereocenters. The second-order valence-corrected chi connectivity index (χ2v) is 6.79. The Balaban J connectivity index is 2.02. The van der Waals surface area contributed by atoms with Gasteiger partial charge in [-0.1, -0.05) is 0 Å². The van der Waals surface area contributed by atoms with Crippen LogP contribution in [0.25, 0.3) is 0 Å². The molecule has 0 amide bonds. The molecule has 4 heteroatoms. The summed E-state index contributed by atoms with van der Waals surface area (Å²) in [7, 11) is 0. The Kier molecular flexibility index (Phi) is 4.31. The van der Waals surface area contributed by atoms with E-state index in [-0.39, 0.29) is 11.0 Å². The molecule has 1 aromatic rings. The minimum absolute atomic E-state index is 0.156. The van der Waals surface area contributed by atoms with Gasteiger partial charge in [-0.15, -0.1) is 0 Å². The predicted octanol–water partition coefficient (Wildman–Crippen LogP) is 2.24. The number of aryl methyl sites for hydroxylation is 1. The fourth-order valence-corrected chi connectivity index (χ4v) is 2.55. The minimum Gasteiger partial charge on any atom is -0.381 e. The highest BCUT2D eigenvalue weighted by Gasteiger charge is 2.36. The van der Waals surface area contributed by atoms with Crippen molar-refractivity contribution >= 4 is 0 Å². The van der Waals surface area contributed by atoms with Crippen molar-refractivity contribution < 1.29 is 4.74 Å². The van der Waals surface area contributed by atoms with Gasteiger partial charge in [0.1, 0.15) is 0 Å². The van der Waals surface area contributed by atoms with Gasteiger partial charge in [0, 0.05) is 36.8 Å². The van der Waals surface area contributed by atoms with E-state index in [4.69, 9.17) is 4.74 Å². The summed E-state index contributed by atoms with van der Waals surface area (Å²) in [6.07, 6.45) is 6.35. The Morgan fingerprint density at radius 2 is 2.26 bits per heavy atom. The maximum absolute atomic E-state index is 5.66. The van der Waals surface area contributed by atoms with E-state index in [0.29, 0.717) is 0 Å². The molecule has 1 fully saturated rings. The highest BCUT2D eigenvalue weighted by molar-refractivity contribution is 5.09. The molecular formula is C15H27N3O. The zero-order valence-corrected chi connectivity index (χ0v) is 12.7. The fourth-order valence-electron chi connectivity index (χ4n) is 2.55.